The summed E-state index contributed by atoms with van der Waals surface area (Å²) in [5.41, 5.74) is 0. The van der Waals surface area contributed by atoms with Gasteiger partial charge in [-0.05, 0) is 12.1 Å². The SMILES string of the molecule is COC(=O)c1cnc(NCCc2ccco2)s1. The fourth-order valence-electron chi connectivity index (χ4n) is 1.30. The van der Waals surface area contributed by atoms with Gasteiger partial charge in [0.25, 0.3) is 0 Å². The third-order valence-electron chi connectivity index (χ3n) is 2.12. The Kier molecular flexibility index (Phi) is 3.77. The van der Waals surface area contributed by atoms with Crippen LogP contribution in [0.4, 0.5) is 5.13 Å². The molecule has 0 saturated heterocycles. The van der Waals surface area contributed by atoms with Crippen LogP contribution < -0.4 is 5.32 Å². The average molecular weight is 252 g/mol. The maximum atomic E-state index is 11.2. The first-order valence-electron chi connectivity index (χ1n) is 5.10. The van der Waals surface area contributed by atoms with Gasteiger partial charge in [-0.2, -0.15) is 0 Å². The molecule has 0 fully saturated rings. The fourth-order valence-corrected chi connectivity index (χ4v) is 2.06. The molecule has 2 rings (SSSR count). The highest BCUT2D eigenvalue weighted by atomic mass is 32.1. The van der Waals surface area contributed by atoms with E-state index < -0.39 is 0 Å². The van der Waals surface area contributed by atoms with Crippen molar-refractivity contribution in [1.29, 1.82) is 0 Å². The van der Waals surface area contributed by atoms with Crippen molar-refractivity contribution in [3.8, 4) is 0 Å². The average Bonchev–Trinajstić information content (AvgIpc) is 2.99. The largest absolute Gasteiger partial charge is 0.469 e. The van der Waals surface area contributed by atoms with E-state index in [1.54, 1.807) is 6.26 Å². The lowest BCUT2D eigenvalue weighted by Crippen LogP contribution is -2.03. The van der Waals surface area contributed by atoms with Crippen molar-refractivity contribution in [2.45, 2.75) is 6.42 Å². The Balaban J connectivity index is 1.83. The zero-order valence-corrected chi connectivity index (χ0v) is 10.1. The zero-order valence-electron chi connectivity index (χ0n) is 9.30. The summed E-state index contributed by atoms with van der Waals surface area (Å²) in [6.07, 6.45) is 3.93. The summed E-state index contributed by atoms with van der Waals surface area (Å²) in [7, 11) is 1.35. The number of ether oxygens (including phenoxy) is 1. The molecule has 0 bridgehead atoms. The molecule has 0 spiro atoms. The van der Waals surface area contributed by atoms with E-state index in [9.17, 15) is 4.79 Å². The van der Waals surface area contributed by atoms with Gasteiger partial charge in [0.1, 0.15) is 10.6 Å². The second-order valence-electron chi connectivity index (χ2n) is 3.28. The third-order valence-corrected chi connectivity index (χ3v) is 3.06. The van der Waals surface area contributed by atoms with Crippen molar-refractivity contribution in [2.75, 3.05) is 19.0 Å². The summed E-state index contributed by atoms with van der Waals surface area (Å²) in [6, 6.07) is 3.78. The van der Waals surface area contributed by atoms with E-state index in [1.807, 2.05) is 12.1 Å². The fraction of sp³-hybridized carbons (Fsp3) is 0.273. The number of thiazole rings is 1. The number of carbonyl (C=O) groups excluding carboxylic acids is 1. The second kappa shape index (κ2) is 5.49. The van der Waals surface area contributed by atoms with E-state index >= 15 is 0 Å². The van der Waals surface area contributed by atoms with E-state index in [4.69, 9.17) is 4.42 Å². The van der Waals surface area contributed by atoms with E-state index in [2.05, 4.69) is 15.0 Å². The molecule has 1 N–H and O–H groups in total. The maximum absolute atomic E-state index is 11.2. The van der Waals surface area contributed by atoms with Crippen molar-refractivity contribution >= 4 is 22.4 Å². The number of esters is 1. The molecule has 0 aromatic carbocycles. The highest BCUT2D eigenvalue weighted by molar-refractivity contribution is 7.17. The summed E-state index contributed by atoms with van der Waals surface area (Å²) in [5.74, 6) is 0.559. The molecule has 17 heavy (non-hydrogen) atoms. The first-order chi connectivity index (χ1) is 8.29. The Morgan fingerprint density at radius 2 is 2.53 bits per heavy atom. The molecule has 90 valence electrons. The Bertz CT molecular complexity index is 479. The molecular formula is C11H12N2O3S. The first kappa shape index (κ1) is 11.7. The quantitative estimate of drug-likeness (QED) is 0.826. The Morgan fingerprint density at radius 3 is 3.24 bits per heavy atom. The van der Waals surface area contributed by atoms with Gasteiger partial charge in [-0.3, -0.25) is 0 Å². The number of aromatic nitrogens is 1. The Labute approximate surface area is 102 Å². The van der Waals surface area contributed by atoms with Crippen molar-refractivity contribution < 1.29 is 13.9 Å². The number of rotatable bonds is 5. The molecule has 0 aliphatic heterocycles. The van der Waals surface area contributed by atoms with Gasteiger partial charge in [0.2, 0.25) is 0 Å². The van der Waals surface area contributed by atoms with E-state index in [1.165, 1.54) is 24.6 Å². The van der Waals surface area contributed by atoms with Crippen LogP contribution in [0.2, 0.25) is 0 Å². The highest BCUT2D eigenvalue weighted by Crippen LogP contribution is 2.18. The van der Waals surface area contributed by atoms with Crippen LogP contribution in [-0.4, -0.2) is 24.6 Å². The van der Waals surface area contributed by atoms with Gasteiger partial charge in [0.05, 0.1) is 19.6 Å². The molecule has 0 aliphatic carbocycles. The standard InChI is InChI=1S/C11H12N2O3S/c1-15-10(14)9-7-13-11(17-9)12-5-4-8-3-2-6-16-8/h2-3,6-7H,4-5H2,1H3,(H,12,13). The van der Waals surface area contributed by atoms with E-state index in [-0.39, 0.29) is 5.97 Å². The predicted octanol–water partition coefficient (Wildman–Crippen LogP) is 2.18. The van der Waals surface area contributed by atoms with Gasteiger partial charge >= 0.3 is 5.97 Å². The summed E-state index contributed by atoms with van der Waals surface area (Å²) in [5, 5.41) is 3.83. The monoisotopic (exact) mass is 252 g/mol. The van der Waals surface area contributed by atoms with Gasteiger partial charge < -0.3 is 14.5 Å². The number of nitrogens with zero attached hydrogens (tertiary/aromatic N) is 1. The summed E-state index contributed by atoms with van der Waals surface area (Å²) < 4.78 is 9.80. The molecule has 6 heteroatoms. The zero-order chi connectivity index (χ0) is 12.1. The van der Waals surface area contributed by atoms with Crippen molar-refractivity contribution in [3.63, 3.8) is 0 Å². The van der Waals surface area contributed by atoms with Crippen LogP contribution in [0.15, 0.2) is 29.0 Å². The van der Waals surface area contributed by atoms with Crippen LogP contribution in [0.5, 0.6) is 0 Å². The molecule has 2 aromatic rings. The Hall–Kier alpha value is -1.82. The number of furan rings is 1. The number of anilines is 1. The van der Waals surface area contributed by atoms with Crippen LogP contribution >= 0.6 is 11.3 Å². The number of hydrogen-bond acceptors (Lipinski definition) is 6. The lowest BCUT2D eigenvalue weighted by molar-refractivity contribution is 0.0606. The lowest BCUT2D eigenvalue weighted by Gasteiger charge is -1.99. The number of carbonyl (C=O) groups is 1. The first-order valence-corrected chi connectivity index (χ1v) is 5.91. The molecule has 0 radical (unpaired) electrons. The smallest absolute Gasteiger partial charge is 0.349 e. The van der Waals surface area contributed by atoms with Gasteiger partial charge in [-0.1, -0.05) is 11.3 Å². The molecule has 2 aromatic heterocycles. The van der Waals surface area contributed by atoms with Crippen molar-refractivity contribution in [1.82, 2.24) is 4.98 Å². The van der Waals surface area contributed by atoms with Crippen LogP contribution in [0.1, 0.15) is 15.4 Å². The third kappa shape index (κ3) is 3.07. The number of nitrogens with one attached hydrogen (secondary N) is 1. The van der Waals surface area contributed by atoms with Crippen molar-refractivity contribution in [3.05, 3.63) is 35.2 Å². The second-order valence-corrected chi connectivity index (χ2v) is 4.31. The minimum Gasteiger partial charge on any atom is -0.469 e. The molecule has 5 nitrogen and oxygen atoms in total. The molecule has 2 heterocycles. The van der Waals surface area contributed by atoms with Crippen LogP contribution in [0.25, 0.3) is 0 Å². The van der Waals surface area contributed by atoms with Crippen LogP contribution in [-0.2, 0) is 11.2 Å². The summed E-state index contributed by atoms with van der Waals surface area (Å²) in [4.78, 5) is 15.8. The highest BCUT2D eigenvalue weighted by Gasteiger charge is 2.09. The van der Waals surface area contributed by atoms with Gasteiger partial charge in [-0.25, -0.2) is 9.78 Å². The maximum Gasteiger partial charge on any atom is 0.349 e. The molecule has 0 unspecified atom stereocenters. The summed E-state index contributed by atoms with van der Waals surface area (Å²) >= 11 is 1.28. The van der Waals surface area contributed by atoms with Crippen molar-refractivity contribution in [2.24, 2.45) is 0 Å². The normalized spacial score (nSPS) is 10.2. The van der Waals surface area contributed by atoms with Crippen LogP contribution in [0, 0.1) is 0 Å². The van der Waals surface area contributed by atoms with Gasteiger partial charge in [0, 0.05) is 13.0 Å². The topological polar surface area (TPSA) is 64.4 Å². The molecule has 0 amide bonds. The molecule has 0 atom stereocenters. The Morgan fingerprint density at radius 1 is 1.65 bits per heavy atom. The minimum atomic E-state index is -0.360. The molecule has 0 aliphatic rings. The van der Waals surface area contributed by atoms with Gasteiger partial charge in [-0.15, -0.1) is 0 Å². The molecule has 0 saturated carbocycles. The van der Waals surface area contributed by atoms with Crippen LogP contribution in [0.3, 0.4) is 0 Å². The van der Waals surface area contributed by atoms with E-state index in [0.29, 0.717) is 16.6 Å². The molecular weight excluding hydrogens is 240 g/mol. The number of hydrogen-bond donors (Lipinski definition) is 1. The minimum absolute atomic E-state index is 0.360. The van der Waals surface area contributed by atoms with Gasteiger partial charge in [0.15, 0.2) is 5.13 Å². The predicted molar refractivity (Wildman–Crippen MR) is 64.4 cm³/mol. The van der Waals surface area contributed by atoms with E-state index in [0.717, 1.165) is 12.2 Å². The lowest BCUT2D eigenvalue weighted by atomic mass is 10.3. The number of methoxy groups -OCH3 is 1. The summed E-state index contributed by atoms with van der Waals surface area (Å²) in [6.45, 7) is 0.710.